The van der Waals surface area contributed by atoms with Crippen LogP contribution in [0.15, 0.2) is 15.9 Å². The van der Waals surface area contributed by atoms with Gasteiger partial charge >= 0.3 is 5.97 Å². The second-order valence-corrected chi connectivity index (χ2v) is 5.48. The molecule has 0 aliphatic rings. The lowest BCUT2D eigenvalue weighted by Gasteiger charge is -1.97. The number of carboxylic acid groups (broad SMARTS) is 1. The van der Waals surface area contributed by atoms with E-state index in [0.29, 0.717) is 6.54 Å². The second-order valence-electron chi connectivity index (χ2n) is 3.28. The first-order valence-corrected chi connectivity index (χ1v) is 6.70. The Morgan fingerprint density at radius 3 is 3.06 bits per heavy atom. The number of rotatable bonds is 5. The number of aromatic carboxylic acids is 1. The molecular weight excluding hydrogens is 260 g/mol. The third kappa shape index (κ3) is 3.27. The molecule has 0 unspecified atom stereocenters. The molecule has 1 N–H and O–H groups in total. The highest BCUT2D eigenvalue weighted by Crippen LogP contribution is 2.22. The first-order chi connectivity index (χ1) is 8.15. The van der Waals surface area contributed by atoms with E-state index < -0.39 is 5.97 Å². The molecule has 0 aliphatic heterocycles. The fourth-order valence-corrected chi connectivity index (χ4v) is 2.98. The molecule has 8 heteroatoms. The Morgan fingerprint density at radius 2 is 2.47 bits per heavy atom. The third-order valence-electron chi connectivity index (χ3n) is 1.90. The van der Waals surface area contributed by atoms with Crippen molar-refractivity contribution >= 4 is 29.1 Å². The van der Waals surface area contributed by atoms with E-state index in [9.17, 15) is 4.79 Å². The van der Waals surface area contributed by atoms with Crippen molar-refractivity contribution in [3.63, 3.8) is 0 Å². The van der Waals surface area contributed by atoms with Crippen LogP contribution < -0.4 is 0 Å². The van der Waals surface area contributed by atoms with Gasteiger partial charge in [0.15, 0.2) is 5.69 Å². The molecule has 0 radical (unpaired) electrons. The zero-order chi connectivity index (χ0) is 12.3. The third-order valence-corrected chi connectivity index (χ3v) is 4.02. The van der Waals surface area contributed by atoms with Crippen molar-refractivity contribution in [2.24, 2.45) is 0 Å². The highest BCUT2D eigenvalue weighted by atomic mass is 32.2. The molecule has 6 nitrogen and oxygen atoms in total. The Bertz CT molecular complexity index is 523. The first kappa shape index (κ1) is 12.1. The fourth-order valence-electron chi connectivity index (χ4n) is 1.13. The molecule has 0 spiro atoms. The van der Waals surface area contributed by atoms with Gasteiger partial charge in [0.25, 0.3) is 0 Å². The van der Waals surface area contributed by atoms with Crippen LogP contribution in [0.2, 0.25) is 0 Å². The highest BCUT2D eigenvalue weighted by molar-refractivity contribution is 8.00. The van der Waals surface area contributed by atoms with E-state index in [0.717, 1.165) is 15.8 Å². The molecule has 17 heavy (non-hydrogen) atoms. The predicted octanol–water partition coefficient (Wildman–Crippen LogP) is 1.53. The van der Waals surface area contributed by atoms with E-state index >= 15 is 0 Å². The van der Waals surface area contributed by atoms with Crippen molar-refractivity contribution in [2.45, 2.75) is 17.8 Å². The van der Waals surface area contributed by atoms with Crippen molar-refractivity contribution in [2.75, 3.05) is 5.75 Å². The van der Waals surface area contributed by atoms with Gasteiger partial charge in [-0.3, -0.25) is 4.68 Å². The van der Waals surface area contributed by atoms with Gasteiger partial charge in [-0.1, -0.05) is 17.0 Å². The fraction of sp³-hybridized carbons (Fsp3) is 0.333. The van der Waals surface area contributed by atoms with Gasteiger partial charge in [0.1, 0.15) is 4.34 Å². The lowest BCUT2D eigenvalue weighted by Crippen LogP contribution is -2.01. The minimum absolute atomic E-state index is 0.0277. The van der Waals surface area contributed by atoms with Crippen LogP contribution in [0.3, 0.4) is 0 Å². The summed E-state index contributed by atoms with van der Waals surface area (Å²) >= 11 is 3.23. The van der Waals surface area contributed by atoms with E-state index in [1.165, 1.54) is 10.9 Å². The Kier molecular flexibility index (Phi) is 3.75. The molecular formula is C9H10N4O2S2. The number of hydrogen-bond acceptors (Lipinski definition) is 6. The normalized spacial score (nSPS) is 10.6. The second kappa shape index (κ2) is 5.28. The highest BCUT2D eigenvalue weighted by Gasteiger charge is 2.08. The smallest absolute Gasteiger partial charge is 0.358 e. The molecule has 0 aromatic carbocycles. The Hall–Kier alpha value is -1.41. The summed E-state index contributed by atoms with van der Waals surface area (Å²) in [5.41, 5.74) is 0.992. The number of aryl methyl sites for hydroxylation is 2. The number of nitrogens with zero attached hydrogens (tertiary/aromatic N) is 4. The summed E-state index contributed by atoms with van der Waals surface area (Å²) in [4.78, 5) is 14.9. The molecule has 0 atom stereocenters. The largest absolute Gasteiger partial charge is 0.476 e. The lowest BCUT2D eigenvalue weighted by atomic mass is 10.5. The van der Waals surface area contributed by atoms with Crippen LogP contribution in [0.1, 0.15) is 16.2 Å². The Labute approximate surface area is 106 Å². The molecule has 0 aliphatic carbocycles. The van der Waals surface area contributed by atoms with Gasteiger partial charge < -0.3 is 5.11 Å². The number of carbonyl (C=O) groups is 1. The number of thiazole rings is 1. The average Bonchev–Trinajstić information content (AvgIpc) is 2.88. The van der Waals surface area contributed by atoms with Crippen molar-refractivity contribution < 1.29 is 9.90 Å². The number of thioether (sulfide) groups is 1. The predicted molar refractivity (Wildman–Crippen MR) is 64.6 cm³/mol. The van der Waals surface area contributed by atoms with E-state index in [-0.39, 0.29) is 5.69 Å². The molecule has 2 heterocycles. The van der Waals surface area contributed by atoms with Gasteiger partial charge in [-0.25, -0.2) is 9.78 Å². The summed E-state index contributed by atoms with van der Waals surface area (Å²) in [7, 11) is 0. The quantitative estimate of drug-likeness (QED) is 0.830. The standard InChI is InChI=1S/C9H10N4O2S2/c1-6-5-17-9(10-6)16-3-2-13-4-7(8(14)15)11-12-13/h4-5H,2-3H2,1H3,(H,14,15). The SMILES string of the molecule is Cc1csc(SCCn2cc(C(=O)O)nn2)n1. The van der Waals surface area contributed by atoms with E-state index in [1.807, 2.05) is 12.3 Å². The molecule has 90 valence electrons. The van der Waals surface area contributed by atoms with E-state index in [4.69, 9.17) is 5.11 Å². The van der Waals surface area contributed by atoms with Gasteiger partial charge in [-0.2, -0.15) is 0 Å². The molecule has 2 rings (SSSR count). The van der Waals surface area contributed by atoms with Gasteiger partial charge in [0.05, 0.1) is 12.7 Å². The van der Waals surface area contributed by atoms with Crippen molar-refractivity contribution in [3.8, 4) is 0 Å². The molecule has 0 saturated carbocycles. The number of hydrogen-bond donors (Lipinski definition) is 1. The molecule has 0 amide bonds. The van der Waals surface area contributed by atoms with Crippen LogP contribution in [0.5, 0.6) is 0 Å². The monoisotopic (exact) mass is 270 g/mol. The van der Waals surface area contributed by atoms with Crippen LogP contribution in [-0.2, 0) is 6.54 Å². The van der Waals surface area contributed by atoms with Gasteiger partial charge in [-0.15, -0.1) is 16.4 Å². The van der Waals surface area contributed by atoms with Crippen LogP contribution in [0, 0.1) is 6.92 Å². The van der Waals surface area contributed by atoms with Crippen molar-refractivity contribution in [1.82, 2.24) is 20.0 Å². The topological polar surface area (TPSA) is 80.9 Å². The molecule has 2 aromatic rings. The van der Waals surface area contributed by atoms with Crippen LogP contribution in [-0.4, -0.2) is 36.8 Å². The summed E-state index contributed by atoms with van der Waals surface area (Å²) in [5, 5.41) is 17.9. The summed E-state index contributed by atoms with van der Waals surface area (Å²) in [6, 6.07) is 0. The summed E-state index contributed by atoms with van der Waals surface area (Å²) < 4.78 is 2.54. The van der Waals surface area contributed by atoms with Crippen LogP contribution >= 0.6 is 23.1 Å². The minimum atomic E-state index is -1.06. The Morgan fingerprint density at radius 1 is 1.65 bits per heavy atom. The van der Waals surface area contributed by atoms with Crippen molar-refractivity contribution in [1.29, 1.82) is 0 Å². The summed E-state index contributed by atoms with van der Waals surface area (Å²) in [5.74, 6) is -0.269. The summed E-state index contributed by atoms with van der Waals surface area (Å²) in [6.45, 7) is 2.57. The summed E-state index contributed by atoms with van der Waals surface area (Å²) in [6.07, 6.45) is 1.43. The number of carboxylic acids is 1. The zero-order valence-corrected chi connectivity index (χ0v) is 10.7. The maximum Gasteiger partial charge on any atom is 0.358 e. The van der Waals surface area contributed by atoms with Gasteiger partial charge in [-0.05, 0) is 6.92 Å². The number of aromatic nitrogens is 4. The van der Waals surface area contributed by atoms with E-state index in [1.54, 1.807) is 23.1 Å². The molecule has 0 saturated heterocycles. The van der Waals surface area contributed by atoms with Crippen LogP contribution in [0.25, 0.3) is 0 Å². The van der Waals surface area contributed by atoms with Gasteiger partial charge in [0.2, 0.25) is 0 Å². The molecule has 0 bridgehead atoms. The molecule has 2 aromatic heterocycles. The maximum atomic E-state index is 10.6. The zero-order valence-electron chi connectivity index (χ0n) is 9.03. The van der Waals surface area contributed by atoms with Gasteiger partial charge in [0, 0.05) is 16.8 Å². The molecule has 0 fully saturated rings. The Balaban J connectivity index is 1.83. The minimum Gasteiger partial charge on any atom is -0.476 e. The average molecular weight is 270 g/mol. The maximum absolute atomic E-state index is 10.6. The van der Waals surface area contributed by atoms with Crippen molar-refractivity contribution in [3.05, 3.63) is 23.0 Å². The first-order valence-electron chi connectivity index (χ1n) is 4.83. The van der Waals surface area contributed by atoms with Crippen LogP contribution in [0.4, 0.5) is 0 Å². The lowest BCUT2D eigenvalue weighted by molar-refractivity contribution is 0.0690. The van der Waals surface area contributed by atoms with E-state index in [2.05, 4.69) is 15.3 Å².